The molecule has 7 nitrogen and oxygen atoms in total. The Morgan fingerprint density at radius 1 is 1.23 bits per heavy atom. The van der Waals surface area contributed by atoms with Crippen LogP contribution >= 0.6 is 0 Å². The minimum atomic E-state index is -0.00485. The molecule has 1 aliphatic rings. The van der Waals surface area contributed by atoms with Gasteiger partial charge in [0.1, 0.15) is 5.75 Å². The van der Waals surface area contributed by atoms with E-state index in [1.807, 2.05) is 44.2 Å². The van der Waals surface area contributed by atoms with Gasteiger partial charge in [-0.15, -0.1) is 11.7 Å². The second-order valence-corrected chi connectivity index (χ2v) is 7.47. The van der Waals surface area contributed by atoms with Gasteiger partial charge in [-0.1, -0.05) is 24.3 Å². The van der Waals surface area contributed by atoms with Gasteiger partial charge in [0, 0.05) is 30.3 Å². The molecule has 1 atom stereocenters. The van der Waals surface area contributed by atoms with Crippen LogP contribution in [0.4, 0.5) is 5.82 Å². The van der Waals surface area contributed by atoms with Crippen molar-refractivity contribution in [3.05, 3.63) is 71.2 Å². The zero-order chi connectivity index (χ0) is 21.3. The first kappa shape index (κ1) is 19.8. The summed E-state index contributed by atoms with van der Waals surface area (Å²) in [5.74, 6) is 1.86. The Labute approximate surface area is 175 Å². The number of ether oxygens (including phenoxy) is 1. The van der Waals surface area contributed by atoms with Crippen LogP contribution in [0.5, 0.6) is 5.75 Å². The van der Waals surface area contributed by atoms with Gasteiger partial charge in [-0.05, 0) is 38.0 Å². The van der Waals surface area contributed by atoms with Gasteiger partial charge in [0.05, 0.1) is 18.4 Å². The van der Waals surface area contributed by atoms with E-state index in [0.29, 0.717) is 36.7 Å². The fraction of sp³-hybridized carbons (Fsp3) is 0.304. The maximum atomic E-state index is 13.2. The number of methoxy groups -OCH3 is 1. The summed E-state index contributed by atoms with van der Waals surface area (Å²) < 4.78 is 7.25. The molecule has 154 valence electrons. The number of anilines is 1. The van der Waals surface area contributed by atoms with E-state index >= 15 is 0 Å². The summed E-state index contributed by atoms with van der Waals surface area (Å²) in [6.07, 6.45) is 2.78. The standard InChI is InChI=1S/C23H25N5O2/c1-5-10-24-22-21-18(28(27-22)23-25-14(2)11-15(3)26-23)12-16(13-19(21)29)17-8-6-7-9-20(17)30-4/h5-9,11,16H,1,10,12-13H2,2-4H3,(H,24,27)/t16-/m1/s1. The molecule has 1 N–H and O–H groups in total. The van der Waals surface area contributed by atoms with Crippen molar-refractivity contribution >= 4 is 11.6 Å². The zero-order valence-electron chi connectivity index (χ0n) is 17.5. The Bertz CT molecular complexity index is 1100. The van der Waals surface area contributed by atoms with Gasteiger partial charge in [-0.3, -0.25) is 4.79 Å². The highest BCUT2D eigenvalue weighted by Crippen LogP contribution is 2.39. The normalized spacial score (nSPS) is 15.6. The van der Waals surface area contributed by atoms with Crippen LogP contribution < -0.4 is 10.1 Å². The number of fused-ring (bicyclic) bond motifs is 1. The molecule has 0 amide bonds. The second kappa shape index (κ2) is 8.10. The molecule has 0 radical (unpaired) electrons. The number of hydrogen-bond acceptors (Lipinski definition) is 6. The van der Waals surface area contributed by atoms with Crippen molar-refractivity contribution in [2.24, 2.45) is 0 Å². The van der Waals surface area contributed by atoms with Crippen LogP contribution in [0.25, 0.3) is 5.95 Å². The Kier molecular flexibility index (Phi) is 5.35. The molecule has 1 aromatic carbocycles. The summed E-state index contributed by atoms with van der Waals surface area (Å²) in [5.41, 5.74) is 4.16. The Morgan fingerprint density at radius 3 is 2.67 bits per heavy atom. The first-order chi connectivity index (χ1) is 14.5. The number of para-hydroxylation sites is 1. The fourth-order valence-corrected chi connectivity index (χ4v) is 4.05. The highest BCUT2D eigenvalue weighted by Gasteiger charge is 2.35. The van der Waals surface area contributed by atoms with Gasteiger partial charge in [0.2, 0.25) is 0 Å². The maximum absolute atomic E-state index is 13.2. The Hall–Kier alpha value is -3.48. The molecular formula is C23H25N5O2. The number of aryl methyl sites for hydroxylation is 2. The van der Waals surface area contributed by atoms with Crippen LogP contribution in [-0.4, -0.2) is 39.2 Å². The molecule has 1 aliphatic carbocycles. The number of benzene rings is 1. The summed E-state index contributed by atoms with van der Waals surface area (Å²) in [6.45, 7) is 8.11. The maximum Gasteiger partial charge on any atom is 0.251 e. The topological polar surface area (TPSA) is 81.9 Å². The molecular weight excluding hydrogens is 378 g/mol. The number of carbonyl (C=O) groups excluding carboxylic acids is 1. The summed E-state index contributed by atoms with van der Waals surface area (Å²) in [6, 6.07) is 9.77. The molecule has 30 heavy (non-hydrogen) atoms. The SMILES string of the molecule is C=CCNc1nn(-c2nc(C)cc(C)n2)c2c1C(=O)C[C@H](c1ccccc1OC)C2. The van der Waals surface area contributed by atoms with Crippen molar-refractivity contribution < 1.29 is 9.53 Å². The lowest BCUT2D eigenvalue weighted by Gasteiger charge is -2.24. The van der Waals surface area contributed by atoms with Crippen molar-refractivity contribution in [3.8, 4) is 11.7 Å². The van der Waals surface area contributed by atoms with E-state index in [1.165, 1.54) is 0 Å². The van der Waals surface area contributed by atoms with Crippen molar-refractivity contribution in [3.63, 3.8) is 0 Å². The van der Waals surface area contributed by atoms with Crippen LogP contribution in [-0.2, 0) is 6.42 Å². The molecule has 4 rings (SSSR count). The van der Waals surface area contributed by atoms with E-state index in [2.05, 4.69) is 27.0 Å². The molecule has 0 saturated heterocycles. The second-order valence-electron chi connectivity index (χ2n) is 7.47. The van der Waals surface area contributed by atoms with Crippen LogP contribution in [0.1, 0.15) is 45.3 Å². The van der Waals surface area contributed by atoms with Gasteiger partial charge >= 0.3 is 0 Å². The number of hydrogen-bond donors (Lipinski definition) is 1. The van der Waals surface area contributed by atoms with E-state index in [-0.39, 0.29) is 11.7 Å². The van der Waals surface area contributed by atoms with E-state index in [1.54, 1.807) is 17.9 Å². The largest absolute Gasteiger partial charge is 0.496 e. The minimum absolute atomic E-state index is 0.00485. The lowest BCUT2D eigenvalue weighted by Crippen LogP contribution is -2.22. The van der Waals surface area contributed by atoms with Crippen LogP contribution in [0, 0.1) is 13.8 Å². The molecule has 3 aromatic rings. The van der Waals surface area contributed by atoms with Gasteiger partial charge in [0.15, 0.2) is 11.6 Å². The molecule has 0 bridgehead atoms. The van der Waals surface area contributed by atoms with Crippen LogP contribution in [0.2, 0.25) is 0 Å². The summed E-state index contributed by atoms with van der Waals surface area (Å²) in [4.78, 5) is 22.4. The van der Waals surface area contributed by atoms with E-state index in [0.717, 1.165) is 28.4 Å². The molecule has 2 heterocycles. The number of Topliss-reactive ketones (excluding diaryl/α,β-unsaturated/α-hetero) is 1. The average Bonchev–Trinajstić information content (AvgIpc) is 3.10. The summed E-state index contributed by atoms with van der Waals surface area (Å²) in [5, 5.41) is 7.88. The zero-order valence-corrected chi connectivity index (χ0v) is 17.5. The first-order valence-electron chi connectivity index (χ1n) is 9.97. The van der Waals surface area contributed by atoms with Crippen molar-refractivity contribution in [1.29, 1.82) is 0 Å². The number of ketones is 1. The third kappa shape index (κ3) is 3.58. The molecule has 0 aliphatic heterocycles. The molecule has 7 heteroatoms. The van der Waals surface area contributed by atoms with Crippen molar-refractivity contribution in [1.82, 2.24) is 19.7 Å². The van der Waals surface area contributed by atoms with E-state index < -0.39 is 0 Å². The smallest absolute Gasteiger partial charge is 0.251 e. The van der Waals surface area contributed by atoms with Crippen LogP contribution in [0.3, 0.4) is 0 Å². The number of nitrogens with zero attached hydrogens (tertiary/aromatic N) is 4. The minimum Gasteiger partial charge on any atom is -0.496 e. The lowest BCUT2D eigenvalue weighted by molar-refractivity contribution is 0.0964. The monoisotopic (exact) mass is 403 g/mol. The van der Waals surface area contributed by atoms with Gasteiger partial charge < -0.3 is 10.1 Å². The highest BCUT2D eigenvalue weighted by molar-refractivity contribution is 6.03. The third-order valence-corrected chi connectivity index (χ3v) is 5.28. The fourth-order valence-electron chi connectivity index (χ4n) is 4.05. The predicted molar refractivity (Wildman–Crippen MR) is 116 cm³/mol. The number of rotatable bonds is 6. The molecule has 0 unspecified atom stereocenters. The van der Waals surface area contributed by atoms with E-state index in [4.69, 9.17) is 4.74 Å². The highest BCUT2D eigenvalue weighted by atomic mass is 16.5. The van der Waals surface area contributed by atoms with Crippen LogP contribution in [0.15, 0.2) is 43.0 Å². The molecule has 0 fully saturated rings. The summed E-state index contributed by atoms with van der Waals surface area (Å²) in [7, 11) is 1.65. The molecule has 0 spiro atoms. The Balaban J connectivity index is 1.84. The van der Waals surface area contributed by atoms with Crippen molar-refractivity contribution in [2.45, 2.75) is 32.6 Å². The average molecular weight is 403 g/mol. The summed E-state index contributed by atoms with van der Waals surface area (Å²) >= 11 is 0. The lowest BCUT2D eigenvalue weighted by atomic mass is 9.81. The van der Waals surface area contributed by atoms with Crippen molar-refractivity contribution in [2.75, 3.05) is 19.0 Å². The first-order valence-corrected chi connectivity index (χ1v) is 9.97. The number of nitrogens with one attached hydrogen (secondary N) is 1. The van der Waals surface area contributed by atoms with Gasteiger partial charge in [-0.2, -0.15) is 0 Å². The van der Waals surface area contributed by atoms with E-state index in [9.17, 15) is 4.79 Å². The molecule has 0 saturated carbocycles. The Morgan fingerprint density at radius 2 is 1.97 bits per heavy atom. The predicted octanol–water partition coefficient (Wildman–Crippen LogP) is 3.80. The number of carbonyl (C=O) groups is 1. The molecule has 2 aromatic heterocycles. The van der Waals surface area contributed by atoms with Gasteiger partial charge in [-0.25, -0.2) is 14.6 Å². The number of aromatic nitrogens is 4. The third-order valence-electron chi connectivity index (χ3n) is 5.28. The quantitative estimate of drug-likeness (QED) is 0.631. The van der Waals surface area contributed by atoms with Gasteiger partial charge in [0.25, 0.3) is 5.95 Å².